The second-order valence-electron chi connectivity index (χ2n) is 10.3. The third-order valence-electron chi connectivity index (χ3n) is 8.03. The maximum Gasteiger partial charge on any atom is 0.0543 e. The molecular weight excluding hydrogens is 320 g/mol. The van der Waals surface area contributed by atoms with E-state index in [2.05, 4.69) is 48.5 Å². The predicted octanol–water partition coefficient (Wildman–Crippen LogP) is 6.83. The van der Waals surface area contributed by atoms with Crippen LogP contribution in [0.2, 0.25) is 0 Å². The van der Waals surface area contributed by atoms with Crippen LogP contribution in [0, 0.1) is 40.4 Å². The highest BCUT2D eigenvalue weighted by Gasteiger charge is 2.45. The minimum absolute atomic E-state index is 0.174. The SMILES string of the molecule is COCC(CCC(C(C)C)(C(C)C)C(C)C)(COC)C1CCC(C)CC1. The zero-order chi connectivity index (χ0) is 20.0. The summed E-state index contributed by atoms with van der Waals surface area (Å²) >= 11 is 0. The first-order valence-corrected chi connectivity index (χ1v) is 11.1. The molecule has 0 radical (unpaired) electrons. The van der Waals surface area contributed by atoms with Crippen molar-refractivity contribution in [1.82, 2.24) is 0 Å². The van der Waals surface area contributed by atoms with Crippen LogP contribution in [0.1, 0.15) is 87.0 Å². The van der Waals surface area contributed by atoms with E-state index in [0.717, 1.165) is 25.0 Å². The van der Waals surface area contributed by atoms with Crippen molar-refractivity contribution in [2.24, 2.45) is 40.4 Å². The minimum Gasteiger partial charge on any atom is -0.384 e. The van der Waals surface area contributed by atoms with Crippen molar-refractivity contribution in [3.05, 3.63) is 0 Å². The summed E-state index contributed by atoms with van der Waals surface area (Å²) in [6.45, 7) is 18.6. The van der Waals surface area contributed by atoms with E-state index in [-0.39, 0.29) is 5.41 Å². The molecule has 0 heterocycles. The molecule has 2 heteroatoms. The number of hydrogen-bond acceptors (Lipinski definition) is 2. The van der Waals surface area contributed by atoms with Gasteiger partial charge in [0.2, 0.25) is 0 Å². The molecule has 1 aliphatic carbocycles. The van der Waals surface area contributed by atoms with Gasteiger partial charge in [-0.1, -0.05) is 61.3 Å². The summed E-state index contributed by atoms with van der Waals surface area (Å²) in [6, 6.07) is 0. The van der Waals surface area contributed by atoms with Gasteiger partial charge in [0, 0.05) is 19.6 Å². The summed E-state index contributed by atoms with van der Waals surface area (Å²) < 4.78 is 11.6. The van der Waals surface area contributed by atoms with E-state index in [4.69, 9.17) is 9.47 Å². The van der Waals surface area contributed by atoms with E-state index in [1.807, 2.05) is 14.2 Å². The normalized spacial score (nSPS) is 22.6. The summed E-state index contributed by atoms with van der Waals surface area (Å²) in [5, 5.41) is 0. The highest BCUT2D eigenvalue weighted by molar-refractivity contribution is 4.95. The average Bonchev–Trinajstić information content (AvgIpc) is 2.55. The van der Waals surface area contributed by atoms with Gasteiger partial charge >= 0.3 is 0 Å². The van der Waals surface area contributed by atoms with Crippen molar-refractivity contribution in [2.75, 3.05) is 27.4 Å². The Morgan fingerprint density at radius 1 is 0.731 bits per heavy atom. The van der Waals surface area contributed by atoms with Crippen LogP contribution >= 0.6 is 0 Å². The second-order valence-corrected chi connectivity index (χ2v) is 10.3. The molecule has 0 bridgehead atoms. The molecule has 0 atom stereocenters. The highest BCUT2D eigenvalue weighted by atomic mass is 16.5. The minimum atomic E-state index is 0.174. The quantitative estimate of drug-likeness (QED) is 0.398. The van der Waals surface area contributed by atoms with Gasteiger partial charge in [0.1, 0.15) is 0 Å². The topological polar surface area (TPSA) is 18.5 Å². The molecule has 0 saturated heterocycles. The van der Waals surface area contributed by atoms with E-state index >= 15 is 0 Å². The summed E-state index contributed by atoms with van der Waals surface area (Å²) in [6.07, 6.45) is 7.91. The van der Waals surface area contributed by atoms with Crippen molar-refractivity contribution < 1.29 is 9.47 Å². The lowest BCUT2D eigenvalue weighted by molar-refractivity contribution is -0.0694. The van der Waals surface area contributed by atoms with Crippen molar-refractivity contribution in [2.45, 2.75) is 87.0 Å². The molecule has 1 fully saturated rings. The molecule has 2 nitrogen and oxygen atoms in total. The molecule has 156 valence electrons. The smallest absolute Gasteiger partial charge is 0.0543 e. The predicted molar refractivity (Wildman–Crippen MR) is 113 cm³/mol. The fourth-order valence-electron chi connectivity index (χ4n) is 6.40. The lowest BCUT2D eigenvalue weighted by Crippen LogP contribution is -2.45. The van der Waals surface area contributed by atoms with Crippen molar-refractivity contribution in [1.29, 1.82) is 0 Å². The Morgan fingerprint density at radius 2 is 1.15 bits per heavy atom. The molecule has 1 aliphatic rings. The van der Waals surface area contributed by atoms with Crippen LogP contribution in [-0.2, 0) is 9.47 Å². The van der Waals surface area contributed by atoms with Gasteiger partial charge < -0.3 is 9.47 Å². The van der Waals surface area contributed by atoms with Gasteiger partial charge in [0.15, 0.2) is 0 Å². The van der Waals surface area contributed by atoms with Crippen LogP contribution in [-0.4, -0.2) is 27.4 Å². The van der Waals surface area contributed by atoms with E-state index < -0.39 is 0 Å². The number of methoxy groups -OCH3 is 2. The van der Waals surface area contributed by atoms with E-state index in [0.29, 0.717) is 23.2 Å². The average molecular weight is 369 g/mol. The van der Waals surface area contributed by atoms with Crippen LogP contribution < -0.4 is 0 Å². The molecule has 0 aromatic rings. The molecule has 0 unspecified atom stereocenters. The molecule has 0 spiro atoms. The van der Waals surface area contributed by atoms with Crippen LogP contribution in [0.3, 0.4) is 0 Å². The third-order valence-corrected chi connectivity index (χ3v) is 8.03. The molecular formula is C24H48O2. The van der Waals surface area contributed by atoms with E-state index in [1.165, 1.54) is 38.5 Å². The Labute approximate surface area is 164 Å². The standard InChI is InChI=1S/C24H48O2/c1-18(2)24(19(3)4,20(5)6)15-14-23(16-25-8,17-26-9)22-12-10-21(7)11-13-22/h18-22H,10-17H2,1-9H3. The van der Waals surface area contributed by atoms with E-state index in [9.17, 15) is 0 Å². The molecule has 26 heavy (non-hydrogen) atoms. The van der Waals surface area contributed by atoms with Gasteiger partial charge in [0.05, 0.1) is 13.2 Å². The zero-order valence-corrected chi connectivity index (χ0v) is 19.4. The van der Waals surface area contributed by atoms with Crippen molar-refractivity contribution in [3.63, 3.8) is 0 Å². The summed E-state index contributed by atoms with van der Waals surface area (Å²) in [4.78, 5) is 0. The van der Waals surface area contributed by atoms with Crippen LogP contribution in [0.5, 0.6) is 0 Å². The Morgan fingerprint density at radius 3 is 1.50 bits per heavy atom. The molecule has 0 aliphatic heterocycles. The van der Waals surface area contributed by atoms with Gasteiger partial charge in [0.25, 0.3) is 0 Å². The van der Waals surface area contributed by atoms with Crippen LogP contribution in [0.15, 0.2) is 0 Å². The second kappa shape index (κ2) is 10.5. The van der Waals surface area contributed by atoms with E-state index in [1.54, 1.807) is 0 Å². The van der Waals surface area contributed by atoms with Gasteiger partial charge in [-0.2, -0.15) is 0 Å². The van der Waals surface area contributed by atoms with Crippen molar-refractivity contribution >= 4 is 0 Å². The first-order valence-electron chi connectivity index (χ1n) is 11.1. The molecule has 1 rings (SSSR count). The monoisotopic (exact) mass is 368 g/mol. The first kappa shape index (κ1) is 24.0. The summed E-state index contributed by atoms with van der Waals surface area (Å²) in [7, 11) is 3.74. The fraction of sp³-hybridized carbons (Fsp3) is 1.00. The largest absolute Gasteiger partial charge is 0.384 e. The van der Waals surface area contributed by atoms with Gasteiger partial charge in [-0.25, -0.2) is 0 Å². The Hall–Kier alpha value is -0.0800. The van der Waals surface area contributed by atoms with Crippen molar-refractivity contribution in [3.8, 4) is 0 Å². The molecule has 0 N–H and O–H groups in total. The lowest BCUT2D eigenvalue weighted by Gasteiger charge is -2.50. The highest BCUT2D eigenvalue weighted by Crippen LogP contribution is 2.51. The van der Waals surface area contributed by atoms with Crippen LogP contribution in [0.4, 0.5) is 0 Å². The Bertz CT molecular complexity index is 350. The van der Waals surface area contributed by atoms with Gasteiger partial charge in [-0.15, -0.1) is 0 Å². The zero-order valence-electron chi connectivity index (χ0n) is 19.4. The Kier molecular flexibility index (Phi) is 9.64. The fourth-order valence-corrected chi connectivity index (χ4v) is 6.40. The van der Waals surface area contributed by atoms with Gasteiger partial charge in [-0.05, 0) is 60.7 Å². The molecule has 0 aromatic heterocycles. The maximum atomic E-state index is 5.81. The first-order chi connectivity index (χ1) is 12.2. The maximum absolute atomic E-state index is 5.81. The van der Waals surface area contributed by atoms with Crippen LogP contribution in [0.25, 0.3) is 0 Å². The third kappa shape index (κ3) is 5.25. The molecule has 0 aromatic carbocycles. The summed E-state index contributed by atoms with van der Waals surface area (Å²) in [5.74, 6) is 3.70. The summed E-state index contributed by atoms with van der Waals surface area (Å²) in [5.41, 5.74) is 0.558. The Balaban J connectivity index is 3.10. The molecule has 1 saturated carbocycles. The lowest BCUT2D eigenvalue weighted by atomic mass is 9.56. The number of ether oxygens (including phenoxy) is 2. The number of hydrogen-bond donors (Lipinski definition) is 0. The molecule has 0 amide bonds. The number of rotatable bonds is 11. The van der Waals surface area contributed by atoms with Gasteiger partial charge in [-0.3, -0.25) is 0 Å².